The van der Waals surface area contributed by atoms with E-state index < -0.39 is 18.4 Å². The summed E-state index contributed by atoms with van der Waals surface area (Å²) in [4.78, 5) is 14.2. The zero-order chi connectivity index (χ0) is 11.5. The van der Waals surface area contributed by atoms with Crippen molar-refractivity contribution in [2.45, 2.75) is 6.61 Å². The largest absolute Gasteiger partial charge is 0.480 e. The van der Waals surface area contributed by atoms with Crippen LogP contribution < -0.4 is 0 Å². The molecule has 1 N–H and O–H groups in total. The van der Waals surface area contributed by atoms with Crippen LogP contribution in [0.5, 0.6) is 0 Å². The summed E-state index contributed by atoms with van der Waals surface area (Å²) in [5, 5.41) is 8.34. The Kier molecular flexibility index (Phi) is 2.82. The van der Waals surface area contributed by atoms with E-state index in [1.54, 1.807) is 0 Å². The third-order valence-electron chi connectivity index (χ3n) is 1.85. The Labute approximate surface area is 89.5 Å². The maximum atomic E-state index is 12.8. The minimum absolute atomic E-state index is 0.0530. The number of oxazole rings is 1. The maximum Gasteiger partial charge on any atom is 0.329 e. The lowest BCUT2D eigenvalue weighted by Gasteiger charge is -1.94. The number of hydrogen-bond acceptors (Lipinski definition) is 4. The van der Waals surface area contributed by atoms with E-state index in [9.17, 15) is 9.18 Å². The van der Waals surface area contributed by atoms with Gasteiger partial charge in [0.2, 0.25) is 5.89 Å². The van der Waals surface area contributed by atoms with E-state index in [1.807, 2.05) is 0 Å². The molecule has 0 spiro atoms. The fourth-order valence-electron chi connectivity index (χ4n) is 1.23. The highest BCUT2D eigenvalue weighted by Gasteiger charge is 2.07. The first-order valence-corrected chi connectivity index (χ1v) is 4.49. The van der Waals surface area contributed by atoms with Gasteiger partial charge < -0.3 is 14.3 Å². The topological polar surface area (TPSA) is 72.6 Å². The van der Waals surface area contributed by atoms with Gasteiger partial charge in [-0.15, -0.1) is 0 Å². The number of aromatic nitrogens is 1. The molecule has 16 heavy (non-hydrogen) atoms. The molecular weight excluding hydrogens is 217 g/mol. The number of halogens is 1. The van der Waals surface area contributed by atoms with E-state index in [0.29, 0.717) is 11.1 Å². The van der Waals surface area contributed by atoms with E-state index >= 15 is 0 Å². The first-order chi connectivity index (χ1) is 7.65. The predicted molar refractivity (Wildman–Crippen MR) is 51.3 cm³/mol. The number of aliphatic carboxylic acids is 1. The van der Waals surface area contributed by atoms with Crippen LogP contribution in [0.1, 0.15) is 5.89 Å². The molecule has 0 aliphatic heterocycles. The van der Waals surface area contributed by atoms with Gasteiger partial charge in [-0.25, -0.2) is 14.2 Å². The summed E-state index contributed by atoms with van der Waals surface area (Å²) in [6, 6.07) is 3.96. The summed E-state index contributed by atoms with van der Waals surface area (Å²) >= 11 is 0. The molecule has 1 heterocycles. The average molecular weight is 225 g/mol. The van der Waals surface area contributed by atoms with Gasteiger partial charge in [-0.3, -0.25) is 0 Å². The van der Waals surface area contributed by atoms with Crippen LogP contribution >= 0.6 is 0 Å². The van der Waals surface area contributed by atoms with Crippen molar-refractivity contribution < 1.29 is 23.4 Å². The second-order valence-corrected chi connectivity index (χ2v) is 3.11. The summed E-state index contributed by atoms with van der Waals surface area (Å²) in [6.07, 6.45) is 0. The number of carboxylic acid groups (broad SMARTS) is 1. The molecule has 0 atom stereocenters. The van der Waals surface area contributed by atoms with Crippen LogP contribution in [-0.4, -0.2) is 22.7 Å². The van der Waals surface area contributed by atoms with Crippen molar-refractivity contribution in [2.75, 3.05) is 6.61 Å². The predicted octanol–water partition coefficient (Wildman–Crippen LogP) is 1.57. The Balaban J connectivity index is 2.10. The van der Waals surface area contributed by atoms with E-state index in [2.05, 4.69) is 4.98 Å². The van der Waals surface area contributed by atoms with Crippen LogP contribution in [-0.2, 0) is 16.1 Å². The number of carbonyl (C=O) groups is 1. The van der Waals surface area contributed by atoms with Gasteiger partial charge in [-0.1, -0.05) is 0 Å². The molecule has 0 fully saturated rings. The smallest absolute Gasteiger partial charge is 0.329 e. The summed E-state index contributed by atoms with van der Waals surface area (Å²) in [5.74, 6) is -1.26. The highest BCUT2D eigenvalue weighted by Crippen LogP contribution is 2.16. The zero-order valence-corrected chi connectivity index (χ0v) is 8.14. The molecule has 0 bridgehead atoms. The van der Waals surface area contributed by atoms with Crippen LogP contribution in [0.25, 0.3) is 11.1 Å². The summed E-state index contributed by atoms with van der Waals surface area (Å²) in [5.41, 5.74) is 0.823. The molecule has 84 valence electrons. The lowest BCUT2D eigenvalue weighted by atomic mass is 10.3. The molecule has 0 saturated carbocycles. The van der Waals surface area contributed by atoms with Gasteiger partial charge in [-0.2, -0.15) is 0 Å². The quantitative estimate of drug-likeness (QED) is 0.854. The Morgan fingerprint density at radius 1 is 1.56 bits per heavy atom. The summed E-state index contributed by atoms with van der Waals surface area (Å²) < 4.78 is 22.8. The molecule has 0 unspecified atom stereocenters. The van der Waals surface area contributed by atoms with Crippen molar-refractivity contribution in [3.05, 3.63) is 29.9 Å². The molecule has 1 aromatic carbocycles. The summed E-state index contributed by atoms with van der Waals surface area (Å²) in [6.45, 7) is -0.477. The van der Waals surface area contributed by atoms with Gasteiger partial charge in [0.05, 0.1) is 0 Å². The zero-order valence-electron chi connectivity index (χ0n) is 8.14. The Morgan fingerprint density at radius 3 is 3.12 bits per heavy atom. The average Bonchev–Trinajstić information content (AvgIpc) is 2.58. The van der Waals surface area contributed by atoms with Crippen molar-refractivity contribution in [1.29, 1.82) is 0 Å². The van der Waals surface area contributed by atoms with Crippen LogP contribution in [0.4, 0.5) is 4.39 Å². The van der Waals surface area contributed by atoms with Crippen molar-refractivity contribution in [3.8, 4) is 0 Å². The highest BCUT2D eigenvalue weighted by atomic mass is 19.1. The fourth-order valence-corrected chi connectivity index (χ4v) is 1.23. The molecule has 0 saturated heterocycles. The number of nitrogens with zero attached hydrogens (tertiary/aromatic N) is 1. The molecule has 0 aliphatic carbocycles. The van der Waals surface area contributed by atoms with Gasteiger partial charge in [0.25, 0.3) is 0 Å². The van der Waals surface area contributed by atoms with E-state index in [0.717, 1.165) is 0 Å². The van der Waals surface area contributed by atoms with Crippen LogP contribution in [0, 0.1) is 5.82 Å². The standard InChI is InChI=1S/C10H8FNO4/c11-6-1-2-7-8(3-6)16-9(12-7)4-15-5-10(13)14/h1-3H,4-5H2,(H,13,14). The minimum atomic E-state index is -1.07. The first kappa shape index (κ1) is 10.6. The van der Waals surface area contributed by atoms with Crippen LogP contribution in [0.3, 0.4) is 0 Å². The third kappa shape index (κ3) is 2.34. The van der Waals surface area contributed by atoms with E-state index in [1.165, 1.54) is 18.2 Å². The molecule has 2 aromatic rings. The molecule has 0 amide bonds. The van der Waals surface area contributed by atoms with Gasteiger partial charge >= 0.3 is 5.97 Å². The Morgan fingerprint density at radius 2 is 2.38 bits per heavy atom. The molecule has 0 radical (unpaired) electrons. The fraction of sp³-hybridized carbons (Fsp3) is 0.200. The van der Waals surface area contributed by atoms with Crippen molar-refractivity contribution in [1.82, 2.24) is 4.98 Å². The molecule has 0 aliphatic rings. The van der Waals surface area contributed by atoms with Crippen molar-refractivity contribution in [2.24, 2.45) is 0 Å². The van der Waals surface area contributed by atoms with Gasteiger partial charge in [0.1, 0.15) is 24.5 Å². The molecule has 5 nitrogen and oxygen atoms in total. The van der Waals surface area contributed by atoms with Crippen molar-refractivity contribution >= 4 is 17.1 Å². The minimum Gasteiger partial charge on any atom is -0.480 e. The molecule has 2 rings (SSSR count). The van der Waals surface area contributed by atoms with Gasteiger partial charge in [0.15, 0.2) is 5.58 Å². The first-order valence-electron chi connectivity index (χ1n) is 4.49. The van der Waals surface area contributed by atoms with E-state index in [4.69, 9.17) is 14.3 Å². The number of rotatable bonds is 4. The van der Waals surface area contributed by atoms with Crippen molar-refractivity contribution in [3.63, 3.8) is 0 Å². The number of hydrogen-bond donors (Lipinski definition) is 1. The molecule has 1 aromatic heterocycles. The van der Waals surface area contributed by atoms with Gasteiger partial charge in [-0.05, 0) is 12.1 Å². The second kappa shape index (κ2) is 4.28. The number of fused-ring (bicyclic) bond motifs is 1. The molecular formula is C10H8FNO4. The van der Waals surface area contributed by atoms with Crippen LogP contribution in [0.2, 0.25) is 0 Å². The summed E-state index contributed by atoms with van der Waals surface area (Å²) in [7, 11) is 0. The number of benzene rings is 1. The number of carboxylic acids is 1. The maximum absolute atomic E-state index is 12.8. The van der Waals surface area contributed by atoms with Gasteiger partial charge in [0, 0.05) is 6.07 Å². The van der Waals surface area contributed by atoms with E-state index in [-0.39, 0.29) is 12.5 Å². The lowest BCUT2D eigenvalue weighted by Crippen LogP contribution is -2.06. The monoisotopic (exact) mass is 225 g/mol. The lowest BCUT2D eigenvalue weighted by molar-refractivity contribution is -0.142. The SMILES string of the molecule is O=C(O)COCc1nc2ccc(F)cc2o1. The number of ether oxygens (including phenoxy) is 1. The third-order valence-corrected chi connectivity index (χ3v) is 1.85. The normalized spacial score (nSPS) is 10.8. The second-order valence-electron chi connectivity index (χ2n) is 3.11. The Bertz CT molecular complexity index is 523. The highest BCUT2D eigenvalue weighted by molar-refractivity contribution is 5.72. The van der Waals surface area contributed by atoms with Crippen LogP contribution in [0.15, 0.2) is 22.6 Å². The Hall–Kier alpha value is -1.95. The molecule has 6 heteroatoms.